The smallest absolute Gasteiger partial charge is 0.349 e. The summed E-state index contributed by atoms with van der Waals surface area (Å²) < 4.78 is 1.47. The standard InChI is InChI=1S/C11H15N5OS/c1-7-12-9(13-8-2-4-18-5-3-8)6-10-14-15-11(17)16(7)10/h6,8,13H,2-5H2,1H3,(H,15,17). The van der Waals surface area contributed by atoms with Gasteiger partial charge >= 0.3 is 5.69 Å². The Kier molecular flexibility index (Phi) is 2.99. The van der Waals surface area contributed by atoms with Crippen LogP contribution in [-0.4, -0.2) is 37.1 Å². The van der Waals surface area contributed by atoms with Gasteiger partial charge in [-0.25, -0.2) is 19.3 Å². The number of fused-ring (bicyclic) bond motifs is 1. The number of aromatic nitrogens is 4. The van der Waals surface area contributed by atoms with Gasteiger partial charge in [0.05, 0.1) is 0 Å². The Hall–Kier alpha value is -1.50. The first-order valence-corrected chi connectivity index (χ1v) is 7.18. The zero-order valence-corrected chi connectivity index (χ0v) is 11.0. The number of nitrogens with one attached hydrogen (secondary N) is 2. The van der Waals surface area contributed by atoms with Crippen LogP contribution in [-0.2, 0) is 0 Å². The van der Waals surface area contributed by atoms with E-state index in [4.69, 9.17) is 0 Å². The average molecular weight is 265 g/mol. The molecule has 0 spiro atoms. The summed E-state index contributed by atoms with van der Waals surface area (Å²) in [6.45, 7) is 1.81. The predicted octanol–water partition coefficient (Wildman–Crippen LogP) is 1.03. The van der Waals surface area contributed by atoms with Crippen LogP contribution >= 0.6 is 11.8 Å². The van der Waals surface area contributed by atoms with E-state index in [1.54, 1.807) is 0 Å². The van der Waals surface area contributed by atoms with Gasteiger partial charge in [0.2, 0.25) is 0 Å². The Balaban J connectivity index is 1.90. The molecule has 2 aromatic rings. The van der Waals surface area contributed by atoms with Crippen molar-refractivity contribution in [3.05, 3.63) is 22.4 Å². The monoisotopic (exact) mass is 265 g/mol. The Labute approximate surface area is 108 Å². The van der Waals surface area contributed by atoms with E-state index in [-0.39, 0.29) is 5.69 Å². The van der Waals surface area contributed by atoms with Crippen molar-refractivity contribution in [1.29, 1.82) is 0 Å². The quantitative estimate of drug-likeness (QED) is 0.848. The average Bonchev–Trinajstić information content (AvgIpc) is 2.72. The summed E-state index contributed by atoms with van der Waals surface area (Å²) >= 11 is 2.00. The zero-order valence-electron chi connectivity index (χ0n) is 10.1. The molecule has 7 heteroatoms. The first kappa shape index (κ1) is 11.6. The van der Waals surface area contributed by atoms with Crippen LogP contribution in [0.2, 0.25) is 0 Å². The molecule has 1 saturated heterocycles. The Morgan fingerprint density at radius 2 is 2.28 bits per heavy atom. The normalized spacial score (nSPS) is 17.2. The molecule has 1 fully saturated rings. The van der Waals surface area contributed by atoms with Gasteiger partial charge in [0, 0.05) is 12.1 Å². The van der Waals surface area contributed by atoms with Gasteiger partial charge in [0.25, 0.3) is 0 Å². The fourth-order valence-corrected chi connectivity index (χ4v) is 3.33. The highest BCUT2D eigenvalue weighted by atomic mass is 32.2. The SMILES string of the molecule is Cc1nc(NC2CCSCC2)cc2n[nH]c(=O)n12. The van der Waals surface area contributed by atoms with Crippen LogP contribution < -0.4 is 11.0 Å². The summed E-state index contributed by atoms with van der Waals surface area (Å²) in [5.74, 6) is 3.84. The maximum absolute atomic E-state index is 11.5. The molecule has 0 atom stereocenters. The van der Waals surface area contributed by atoms with Crippen molar-refractivity contribution < 1.29 is 0 Å². The maximum Gasteiger partial charge on any atom is 0.349 e. The number of hydrogen-bond acceptors (Lipinski definition) is 5. The van der Waals surface area contributed by atoms with Crippen molar-refractivity contribution in [3.63, 3.8) is 0 Å². The highest BCUT2D eigenvalue weighted by Crippen LogP contribution is 2.20. The highest BCUT2D eigenvalue weighted by molar-refractivity contribution is 7.99. The second-order valence-corrected chi connectivity index (χ2v) is 5.67. The van der Waals surface area contributed by atoms with Crippen molar-refractivity contribution >= 4 is 23.2 Å². The molecule has 0 unspecified atom stereocenters. The van der Waals surface area contributed by atoms with Crippen molar-refractivity contribution in [2.24, 2.45) is 0 Å². The summed E-state index contributed by atoms with van der Waals surface area (Å²) in [4.78, 5) is 15.9. The van der Waals surface area contributed by atoms with Gasteiger partial charge in [0.1, 0.15) is 11.6 Å². The Morgan fingerprint density at radius 1 is 1.50 bits per heavy atom. The third-order valence-corrected chi connectivity index (χ3v) is 4.19. The third kappa shape index (κ3) is 2.10. The first-order valence-electron chi connectivity index (χ1n) is 6.03. The lowest BCUT2D eigenvalue weighted by molar-refractivity contribution is 0.662. The summed E-state index contributed by atoms with van der Waals surface area (Å²) in [5, 5.41) is 9.84. The van der Waals surface area contributed by atoms with Crippen LogP contribution in [0.5, 0.6) is 0 Å². The largest absolute Gasteiger partial charge is 0.367 e. The first-order chi connectivity index (χ1) is 8.74. The van der Waals surface area contributed by atoms with Gasteiger partial charge in [-0.15, -0.1) is 0 Å². The fourth-order valence-electron chi connectivity index (χ4n) is 2.22. The van der Waals surface area contributed by atoms with Crippen LogP contribution in [0.3, 0.4) is 0 Å². The Morgan fingerprint density at radius 3 is 3.06 bits per heavy atom. The summed E-state index contributed by atoms with van der Waals surface area (Å²) in [5.41, 5.74) is 0.371. The zero-order chi connectivity index (χ0) is 12.5. The van der Waals surface area contributed by atoms with Crippen molar-refractivity contribution in [3.8, 4) is 0 Å². The van der Waals surface area contributed by atoms with Crippen LogP contribution in [0.15, 0.2) is 10.9 Å². The van der Waals surface area contributed by atoms with Gasteiger partial charge in [-0.05, 0) is 31.3 Å². The molecule has 0 aliphatic carbocycles. The van der Waals surface area contributed by atoms with E-state index in [2.05, 4.69) is 20.5 Å². The molecule has 2 N–H and O–H groups in total. The number of aryl methyl sites for hydroxylation is 1. The molecule has 0 aromatic carbocycles. The summed E-state index contributed by atoms with van der Waals surface area (Å²) in [6, 6.07) is 2.29. The molecule has 1 aliphatic heterocycles. The topological polar surface area (TPSA) is 75.1 Å². The van der Waals surface area contributed by atoms with Gasteiger partial charge in [-0.2, -0.15) is 16.9 Å². The van der Waals surface area contributed by atoms with Crippen LogP contribution in [0.4, 0.5) is 5.82 Å². The number of rotatable bonds is 2. The second-order valence-electron chi connectivity index (χ2n) is 4.44. The van der Waals surface area contributed by atoms with E-state index >= 15 is 0 Å². The van der Waals surface area contributed by atoms with Gasteiger partial charge in [-0.1, -0.05) is 0 Å². The predicted molar refractivity (Wildman–Crippen MR) is 72.3 cm³/mol. The molecule has 6 nitrogen and oxygen atoms in total. The molecule has 0 amide bonds. The molecular formula is C11H15N5OS. The minimum Gasteiger partial charge on any atom is -0.367 e. The maximum atomic E-state index is 11.5. The van der Waals surface area contributed by atoms with Gasteiger partial charge in [-0.3, -0.25) is 0 Å². The number of nitrogens with zero attached hydrogens (tertiary/aromatic N) is 3. The van der Waals surface area contributed by atoms with E-state index in [0.717, 1.165) is 18.7 Å². The molecule has 3 rings (SSSR count). The molecule has 96 valence electrons. The third-order valence-electron chi connectivity index (χ3n) is 3.14. The van der Waals surface area contributed by atoms with Crippen molar-refractivity contribution in [2.45, 2.75) is 25.8 Å². The van der Waals surface area contributed by atoms with E-state index in [9.17, 15) is 4.79 Å². The molecule has 0 radical (unpaired) electrons. The number of aromatic amines is 1. The molecule has 0 saturated carbocycles. The summed E-state index contributed by atoms with van der Waals surface area (Å²) in [7, 11) is 0. The molecule has 0 bridgehead atoms. The lowest BCUT2D eigenvalue weighted by Crippen LogP contribution is -2.25. The number of H-pyrrole nitrogens is 1. The molecule has 2 aromatic heterocycles. The van der Waals surface area contributed by atoms with Crippen LogP contribution in [0.25, 0.3) is 5.65 Å². The highest BCUT2D eigenvalue weighted by Gasteiger charge is 2.15. The van der Waals surface area contributed by atoms with Crippen molar-refractivity contribution in [1.82, 2.24) is 19.6 Å². The summed E-state index contributed by atoms with van der Waals surface area (Å²) in [6.07, 6.45) is 2.31. The van der Waals surface area contributed by atoms with Crippen molar-refractivity contribution in [2.75, 3.05) is 16.8 Å². The molecule has 3 heterocycles. The van der Waals surface area contributed by atoms with E-state index in [0.29, 0.717) is 17.5 Å². The van der Waals surface area contributed by atoms with E-state index in [1.807, 2.05) is 24.8 Å². The second kappa shape index (κ2) is 4.64. The van der Waals surface area contributed by atoms with Crippen LogP contribution in [0.1, 0.15) is 18.7 Å². The fraction of sp³-hybridized carbons (Fsp3) is 0.545. The Bertz CT molecular complexity index is 613. The molecule has 18 heavy (non-hydrogen) atoms. The van der Waals surface area contributed by atoms with E-state index in [1.165, 1.54) is 15.9 Å². The minimum absolute atomic E-state index is 0.240. The number of anilines is 1. The number of thioether (sulfide) groups is 1. The van der Waals surface area contributed by atoms with Gasteiger partial charge in [0.15, 0.2) is 5.65 Å². The minimum atomic E-state index is -0.240. The van der Waals surface area contributed by atoms with Gasteiger partial charge < -0.3 is 5.32 Å². The molecule has 1 aliphatic rings. The number of hydrogen-bond donors (Lipinski definition) is 2. The lowest BCUT2D eigenvalue weighted by Gasteiger charge is -2.23. The molecular weight excluding hydrogens is 250 g/mol. The van der Waals surface area contributed by atoms with Crippen LogP contribution in [0, 0.1) is 6.92 Å². The van der Waals surface area contributed by atoms with E-state index < -0.39 is 0 Å². The lowest BCUT2D eigenvalue weighted by atomic mass is 10.1.